The summed E-state index contributed by atoms with van der Waals surface area (Å²) in [5, 5.41) is 0. The Hall–Kier alpha value is -0.870. The Labute approximate surface area is 107 Å². The molecule has 1 rings (SSSR count). The van der Waals surface area contributed by atoms with E-state index in [4.69, 9.17) is 5.84 Å². The molecule has 96 valence electrons. The summed E-state index contributed by atoms with van der Waals surface area (Å²) >= 11 is 1.88. The smallest absolute Gasteiger partial charge is 0.233 e. The molecular formula is C13H22N2OS. The molecule has 0 aliphatic carbocycles. The van der Waals surface area contributed by atoms with E-state index in [2.05, 4.69) is 38.3 Å². The first-order valence-corrected chi connectivity index (χ1v) is 6.84. The highest BCUT2D eigenvalue weighted by Crippen LogP contribution is 2.30. The van der Waals surface area contributed by atoms with Crippen molar-refractivity contribution < 1.29 is 4.79 Å². The van der Waals surface area contributed by atoms with E-state index >= 15 is 0 Å². The number of hydrogen-bond donors (Lipinski definition) is 2. The van der Waals surface area contributed by atoms with Gasteiger partial charge in [0.15, 0.2) is 0 Å². The van der Waals surface area contributed by atoms with E-state index in [1.54, 1.807) is 0 Å². The highest BCUT2D eigenvalue weighted by Gasteiger charge is 2.15. The van der Waals surface area contributed by atoms with E-state index in [9.17, 15) is 4.79 Å². The highest BCUT2D eigenvalue weighted by molar-refractivity contribution is 7.12. The van der Waals surface area contributed by atoms with Crippen molar-refractivity contribution in [2.75, 3.05) is 0 Å². The number of carbonyl (C=O) groups excluding carboxylic acids is 1. The van der Waals surface area contributed by atoms with E-state index in [-0.39, 0.29) is 11.3 Å². The molecule has 0 aliphatic rings. The van der Waals surface area contributed by atoms with Crippen LogP contribution in [0.4, 0.5) is 0 Å². The van der Waals surface area contributed by atoms with Crippen molar-refractivity contribution in [1.82, 2.24) is 5.43 Å². The maximum Gasteiger partial charge on any atom is 0.233 e. The Morgan fingerprint density at radius 1 is 1.35 bits per heavy atom. The van der Waals surface area contributed by atoms with Crippen LogP contribution in [-0.2, 0) is 16.6 Å². The van der Waals surface area contributed by atoms with E-state index in [1.165, 1.54) is 9.75 Å². The maximum atomic E-state index is 10.9. The molecule has 0 atom stereocenters. The van der Waals surface area contributed by atoms with Crippen LogP contribution < -0.4 is 11.3 Å². The molecule has 0 fully saturated rings. The third-order valence-electron chi connectivity index (χ3n) is 2.64. The lowest BCUT2D eigenvalue weighted by atomic mass is 9.95. The zero-order valence-corrected chi connectivity index (χ0v) is 11.7. The first-order valence-electron chi connectivity index (χ1n) is 6.02. The number of nitrogens with one attached hydrogen (secondary N) is 1. The van der Waals surface area contributed by atoms with E-state index in [0.717, 1.165) is 19.3 Å². The number of hydrazine groups is 1. The molecule has 0 saturated heterocycles. The third-order valence-corrected chi connectivity index (χ3v) is 4.21. The van der Waals surface area contributed by atoms with Gasteiger partial charge >= 0.3 is 0 Å². The van der Waals surface area contributed by atoms with Gasteiger partial charge in [-0.05, 0) is 36.8 Å². The van der Waals surface area contributed by atoms with Crippen molar-refractivity contribution in [3.8, 4) is 0 Å². The third kappa shape index (κ3) is 4.88. The molecule has 0 aromatic carbocycles. The maximum absolute atomic E-state index is 10.9. The second kappa shape index (κ2) is 6.17. The first kappa shape index (κ1) is 14.2. The fourth-order valence-corrected chi connectivity index (χ4v) is 2.68. The molecule has 1 heterocycles. The number of rotatable bonds is 5. The molecule has 1 aromatic heterocycles. The van der Waals surface area contributed by atoms with Crippen LogP contribution in [0.3, 0.4) is 0 Å². The summed E-state index contributed by atoms with van der Waals surface area (Å²) in [5.41, 5.74) is 2.39. The van der Waals surface area contributed by atoms with Crippen molar-refractivity contribution in [2.45, 2.75) is 51.9 Å². The van der Waals surface area contributed by atoms with Gasteiger partial charge < -0.3 is 0 Å². The van der Waals surface area contributed by atoms with Gasteiger partial charge in [0.25, 0.3) is 0 Å². The Morgan fingerprint density at radius 3 is 2.59 bits per heavy atom. The average molecular weight is 254 g/mol. The van der Waals surface area contributed by atoms with Crippen LogP contribution in [0.2, 0.25) is 0 Å². The van der Waals surface area contributed by atoms with Gasteiger partial charge in [-0.3, -0.25) is 10.2 Å². The monoisotopic (exact) mass is 254 g/mol. The van der Waals surface area contributed by atoms with E-state index in [1.807, 2.05) is 11.3 Å². The van der Waals surface area contributed by atoms with Gasteiger partial charge in [0.2, 0.25) is 5.91 Å². The largest absolute Gasteiger partial charge is 0.294 e. The number of amides is 1. The Kier molecular flexibility index (Phi) is 5.15. The van der Waals surface area contributed by atoms with Gasteiger partial charge in [0, 0.05) is 16.2 Å². The van der Waals surface area contributed by atoms with Gasteiger partial charge in [-0.1, -0.05) is 20.8 Å². The number of hydrogen-bond acceptors (Lipinski definition) is 3. The van der Waals surface area contributed by atoms with Crippen LogP contribution >= 0.6 is 11.3 Å². The van der Waals surface area contributed by atoms with Gasteiger partial charge in [-0.2, -0.15) is 0 Å². The molecular weight excluding hydrogens is 232 g/mol. The molecule has 1 amide bonds. The molecule has 3 nitrogen and oxygen atoms in total. The predicted octanol–water partition coefficient (Wildman–Crippen LogP) is 2.75. The molecule has 0 bridgehead atoms. The summed E-state index contributed by atoms with van der Waals surface area (Å²) in [5.74, 6) is 4.94. The fraction of sp³-hybridized carbons (Fsp3) is 0.615. The minimum Gasteiger partial charge on any atom is -0.294 e. The van der Waals surface area contributed by atoms with Crippen LogP contribution in [0.1, 0.15) is 49.8 Å². The lowest BCUT2D eigenvalue weighted by Gasteiger charge is -2.15. The lowest BCUT2D eigenvalue weighted by Crippen LogP contribution is -2.29. The normalized spacial score (nSPS) is 11.5. The van der Waals surface area contributed by atoms with Crippen LogP contribution in [0, 0.1) is 0 Å². The van der Waals surface area contributed by atoms with Crippen LogP contribution in [0.5, 0.6) is 0 Å². The molecule has 0 spiro atoms. The summed E-state index contributed by atoms with van der Waals surface area (Å²) in [4.78, 5) is 13.8. The number of nitrogens with two attached hydrogens (primary N) is 1. The van der Waals surface area contributed by atoms with Crippen molar-refractivity contribution in [2.24, 2.45) is 5.84 Å². The summed E-state index contributed by atoms with van der Waals surface area (Å²) < 4.78 is 0. The molecule has 1 aromatic rings. The summed E-state index contributed by atoms with van der Waals surface area (Å²) in [6, 6.07) is 4.42. The molecule has 0 saturated carbocycles. The standard InChI is InChI=1S/C13H22N2OS/c1-13(2,3)11-9-8-10(17-11)6-4-5-7-12(16)15-14/h8-9H,4-7,14H2,1-3H3,(H,15,16). The predicted molar refractivity (Wildman–Crippen MR) is 72.9 cm³/mol. The summed E-state index contributed by atoms with van der Waals surface area (Å²) in [6.07, 6.45) is 3.51. The van der Waals surface area contributed by atoms with Crippen molar-refractivity contribution in [3.63, 3.8) is 0 Å². The zero-order chi connectivity index (χ0) is 12.9. The molecule has 0 aliphatic heterocycles. The van der Waals surface area contributed by atoms with Crippen molar-refractivity contribution in [1.29, 1.82) is 0 Å². The molecule has 3 N–H and O–H groups in total. The lowest BCUT2D eigenvalue weighted by molar-refractivity contribution is -0.121. The Morgan fingerprint density at radius 2 is 2.06 bits per heavy atom. The number of aryl methyl sites for hydroxylation is 1. The second-order valence-electron chi connectivity index (χ2n) is 5.29. The van der Waals surface area contributed by atoms with Gasteiger partial charge in [0.05, 0.1) is 0 Å². The number of unbranched alkanes of at least 4 members (excludes halogenated alkanes) is 1. The van der Waals surface area contributed by atoms with E-state index in [0.29, 0.717) is 6.42 Å². The Bertz CT molecular complexity index is 366. The molecule has 17 heavy (non-hydrogen) atoms. The van der Waals surface area contributed by atoms with Crippen LogP contribution in [0.15, 0.2) is 12.1 Å². The SMILES string of the molecule is CC(C)(C)c1ccc(CCCCC(=O)NN)s1. The zero-order valence-electron chi connectivity index (χ0n) is 10.9. The highest BCUT2D eigenvalue weighted by atomic mass is 32.1. The number of thiophene rings is 1. The van der Waals surface area contributed by atoms with Crippen molar-refractivity contribution >= 4 is 17.2 Å². The first-order chi connectivity index (χ1) is 7.93. The summed E-state index contributed by atoms with van der Waals surface area (Å²) in [6.45, 7) is 6.69. The molecule has 0 unspecified atom stereocenters. The summed E-state index contributed by atoms with van der Waals surface area (Å²) in [7, 11) is 0. The molecule has 4 heteroatoms. The van der Waals surface area contributed by atoms with Gasteiger partial charge in [-0.15, -0.1) is 11.3 Å². The second-order valence-corrected chi connectivity index (χ2v) is 6.46. The molecule has 0 radical (unpaired) electrons. The van der Waals surface area contributed by atoms with Crippen LogP contribution in [0.25, 0.3) is 0 Å². The van der Waals surface area contributed by atoms with Crippen LogP contribution in [-0.4, -0.2) is 5.91 Å². The van der Waals surface area contributed by atoms with Gasteiger partial charge in [0.1, 0.15) is 0 Å². The van der Waals surface area contributed by atoms with Gasteiger partial charge in [-0.25, -0.2) is 5.84 Å². The van der Waals surface area contributed by atoms with E-state index < -0.39 is 0 Å². The topological polar surface area (TPSA) is 55.1 Å². The minimum absolute atomic E-state index is 0.0773. The van der Waals surface area contributed by atoms with Crippen molar-refractivity contribution in [3.05, 3.63) is 21.9 Å². The average Bonchev–Trinajstić information content (AvgIpc) is 2.72. The fourth-order valence-electron chi connectivity index (χ4n) is 1.57. The quantitative estimate of drug-likeness (QED) is 0.367. The minimum atomic E-state index is -0.0773. The number of carbonyl (C=O) groups is 1. The Balaban J connectivity index is 2.33.